The summed E-state index contributed by atoms with van der Waals surface area (Å²) in [5.41, 5.74) is 2.25. The van der Waals surface area contributed by atoms with E-state index in [9.17, 15) is 0 Å². The number of nitrogens with zero attached hydrogens (tertiary/aromatic N) is 2. The molecule has 1 aromatic carbocycles. The van der Waals surface area contributed by atoms with Crippen LogP contribution in [0, 0.1) is 0 Å². The molecule has 0 aliphatic heterocycles. The van der Waals surface area contributed by atoms with Gasteiger partial charge in [-0.3, -0.25) is 0 Å². The molecule has 22 heavy (non-hydrogen) atoms. The van der Waals surface area contributed by atoms with Crippen molar-refractivity contribution in [2.75, 3.05) is 6.61 Å². The van der Waals surface area contributed by atoms with Crippen LogP contribution in [0.3, 0.4) is 0 Å². The summed E-state index contributed by atoms with van der Waals surface area (Å²) in [6.45, 7) is 5.16. The first kappa shape index (κ1) is 16.5. The van der Waals surface area contributed by atoms with E-state index in [1.165, 1.54) is 24.8 Å². The van der Waals surface area contributed by atoms with Crippen LogP contribution in [-0.4, -0.2) is 16.6 Å². The molecular weight excluding hydrogens is 272 g/mol. The largest absolute Gasteiger partial charge is 0.494 e. The third-order valence-corrected chi connectivity index (χ3v) is 3.65. The first-order valence-corrected chi connectivity index (χ1v) is 8.37. The zero-order valence-corrected chi connectivity index (χ0v) is 13.7. The number of unbranched alkanes of at least 4 members (excludes halogenated alkanes) is 3. The molecule has 0 spiro atoms. The number of rotatable bonds is 9. The molecule has 0 bridgehead atoms. The second kappa shape index (κ2) is 9.19. The first-order valence-electron chi connectivity index (χ1n) is 8.37. The maximum atomic E-state index is 5.67. The van der Waals surface area contributed by atoms with Gasteiger partial charge in [-0.05, 0) is 49.1 Å². The Kier molecular flexibility index (Phi) is 6.88. The maximum Gasteiger partial charge on any atom is 0.159 e. The van der Waals surface area contributed by atoms with Crippen LogP contribution in [0.2, 0.25) is 0 Å². The minimum absolute atomic E-state index is 0.777. The number of hydrogen-bond acceptors (Lipinski definition) is 3. The van der Waals surface area contributed by atoms with Gasteiger partial charge < -0.3 is 4.74 Å². The molecule has 0 saturated heterocycles. The van der Waals surface area contributed by atoms with E-state index >= 15 is 0 Å². The molecule has 2 rings (SSSR count). The number of aryl methyl sites for hydroxylation is 1. The third kappa shape index (κ3) is 5.14. The van der Waals surface area contributed by atoms with Crippen LogP contribution in [0.15, 0.2) is 36.7 Å². The van der Waals surface area contributed by atoms with Crippen molar-refractivity contribution >= 4 is 0 Å². The summed E-state index contributed by atoms with van der Waals surface area (Å²) in [5.74, 6) is 1.69. The lowest BCUT2D eigenvalue weighted by Gasteiger charge is -2.06. The number of benzene rings is 1. The maximum absolute atomic E-state index is 5.67. The Morgan fingerprint density at radius 2 is 1.55 bits per heavy atom. The molecule has 1 heterocycles. The molecule has 0 unspecified atom stereocenters. The molecular formula is C19H26N2O. The highest BCUT2D eigenvalue weighted by Crippen LogP contribution is 2.19. The Labute approximate surface area is 133 Å². The van der Waals surface area contributed by atoms with Crippen molar-refractivity contribution in [1.29, 1.82) is 0 Å². The van der Waals surface area contributed by atoms with E-state index in [1.54, 1.807) is 0 Å². The minimum atomic E-state index is 0.777. The van der Waals surface area contributed by atoms with E-state index in [4.69, 9.17) is 4.74 Å². The van der Waals surface area contributed by atoms with Gasteiger partial charge in [0.15, 0.2) is 5.82 Å². The average molecular weight is 298 g/mol. The third-order valence-electron chi connectivity index (χ3n) is 3.65. The first-order chi connectivity index (χ1) is 10.8. The van der Waals surface area contributed by atoms with Crippen LogP contribution in [0.4, 0.5) is 0 Å². The van der Waals surface area contributed by atoms with Gasteiger partial charge in [0.2, 0.25) is 0 Å². The normalized spacial score (nSPS) is 10.6. The van der Waals surface area contributed by atoms with E-state index < -0.39 is 0 Å². The molecule has 0 N–H and O–H groups in total. The Balaban J connectivity index is 1.93. The van der Waals surface area contributed by atoms with Crippen molar-refractivity contribution in [1.82, 2.24) is 9.97 Å². The lowest BCUT2D eigenvalue weighted by Crippen LogP contribution is -1.96. The Morgan fingerprint density at radius 3 is 2.18 bits per heavy atom. The highest BCUT2D eigenvalue weighted by Gasteiger charge is 2.02. The minimum Gasteiger partial charge on any atom is -0.494 e. The van der Waals surface area contributed by atoms with Gasteiger partial charge in [-0.2, -0.15) is 0 Å². The highest BCUT2D eigenvalue weighted by atomic mass is 16.5. The van der Waals surface area contributed by atoms with Crippen LogP contribution < -0.4 is 4.74 Å². The SMILES string of the molecule is CCCCCc1cnc(-c2ccc(OCCCC)cc2)nc1. The van der Waals surface area contributed by atoms with Gasteiger partial charge in [-0.1, -0.05) is 33.1 Å². The van der Waals surface area contributed by atoms with E-state index in [-0.39, 0.29) is 0 Å². The van der Waals surface area contributed by atoms with Crippen molar-refractivity contribution in [2.45, 2.75) is 52.4 Å². The second-order valence-corrected chi connectivity index (χ2v) is 5.60. The fourth-order valence-corrected chi connectivity index (χ4v) is 2.25. The molecule has 3 heteroatoms. The molecule has 0 atom stereocenters. The van der Waals surface area contributed by atoms with Crippen LogP contribution >= 0.6 is 0 Å². The molecule has 0 radical (unpaired) electrons. The average Bonchev–Trinajstić information content (AvgIpc) is 2.57. The summed E-state index contributed by atoms with van der Waals surface area (Å²) < 4.78 is 5.67. The quantitative estimate of drug-likeness (QED) is 0.607. The van der Waals surface area contributed by atoms with Crippen LogP contribution in [0.5, 0.6) is 5.75 Å². The zero-order valence-electron chi connectivity index (χ0n) is 13.7. The van der Waals surface area contributed by atoms with Gasteiger partial charge in [0, 0.05) is 18.0 Å². The van der Waals surface area contributed by atoms with Gasteiger partial charge in [-0.15, -0.1) is 0 Å². The van der Waals surface area contributed by atoms with Gasteiger partial charge in [0.25, 0.3) is 0 Å². The summed E-state index contributed by atoms with van der Waals surface area (Å²) >= 11 is 0. The van der Waals surface area contributed by atoms with E-state index in [0.29, 0.717) is 0 Å². The molecule has 0 amide bonds. The molecule has 0 fully saturated rings. The zero-order chi connectivity index (χ0) is 15.6. The smallest absolute Gasteiger partial charge is 0.159 e. The lowest BCUT2D eigenvalue weighted by molar-refractivity contribution is 0.309. The summed E-state index contributed by atoms with van der Waals surface area (Å²) in [6.07, 6.45) is 10.9. The predicted molar refractivity (Wildman–Crippen MR) is 91.1 cm³/mol. The molecule has 118 valence electrons. The van der Waals surface area contributed by atoms with Gasteiger partial charge in [0.05, 0.1) is 6.61 Å². The molecule has 0 aliphatic rings. The molecule has 0 saturated carbocycles. The van der Waals surface area contributed by atoms with Crippen LogP contribution in [0.25, 0.3) is 11.4 Å². The fraction of sp³-hybridized carbons (Fsp3) is 0.474. The molecule has 1 aromatic heterocycles. The second-order valence-electron chi connectivity index (χ2n) is 5.60. The Morgan fingerprint density at radius 1 is 0.864 bits per heavy atom. The standard InChI is InChI=1S/C19H26N2O/c1-3-5-7-8-16-14-20-19(21-15-16)17-9-11-18(12-10-17)22-13-6-4-2/h9-12,14-15H,3-8,13H2,1-2H3. The Hall–Kier alpha value is -1.90. The van der Waals surface area contributed by atoms with Gasteiger partial charge in [-0.25, -0.2) is 9.97 Å². The van der Waals surface area contributed by atoms with Crippen molar-refractivity contribution < 1.29 is 4.74 Å². The fourth-order valence-electron chi connectivity index (χ4n) is 2.25. The summed E-state index contributed by atoms with van der Waals surface area (Å²) in [6, 6.07) is 8.02. The van der Waals surface area contributed by atoms with Crippen molar-refractivity contribution in [2.24, 2.45) is 0 Å². The van der Waals surface area contributed by atoms with Gasteiger partial charge >= 0.3 is 0 Å². The summed E-state index contributed by atoms with van der Waals surface area (Å²) in [7, 11) is 0. The molecule has 2 aromatic rings. The number of aromatic nitrogens is 2. The molecule has 0 aliphatic carbocycles. The summed E-state index contributed by atoms with van der Waals surface area (Å²) in [5, 5.41) is 0. The van der Waals surface area contributed by atoms with Crippen molar-refractivity contribution in [3.05, 3.63) is 42.2 Å². The topological polar surface area (TPSA) is 35.0 Å². The van der Waals surface area contributed by atoms with Crippen molar-refractivity contribution in [3.8, 4) is 17.1 Å². The van der Waals surface area contributed by atoms with Crippen molar-refractivity contribution in [3.63, 3.8) is 0 Å². The predicted octanol–water partition coefficient (Wildman–Crippen LogP) is 5.06. The summed E-state index contributed by atoms with van der Waals surface area (Å²) in [4.78, 5) is 8.96. The Bertz CT molecular complexity index is 483. The van der Waals surface area contributed by atoms with E-state index in [2.05, 4.69) is 23.8 Å². The van der Waals surface area contributed by atoms with E-state index in [1.807, 2.05) is 36.7 Å². The lowest BCUT2D eigenvalue weighted by atomic mass is 10.1. The monoisotopic (exact) mass is 298 g/mol. The van der Waals surface area contributed by atoms with Gasteiger partial charge in [0.1, 0.15) is 5.75 Å². The number of ether oxygens (including phenoxy) is 1. The highest BCUT2D eigenvalue weighted by molar-refractivity contribution is 5.55. The molecule has 3 nitrogen and oxygen atoms in total. The van der Waals surface area contributed by atoms with E-state index in [0.717, 1.165) is 43.0 Å². The van der Waals surface area contributed by atoms with Crippen LogP contribution in [0.1, 0.15) is 51.5 Å². The number of hydrogen-bond donors (Lipinski definition) is 0. The van der Waals surface area contributed by atoms with Crippen LogP contribution in [-0.2, 0) is 6.42 Å².